The van der Waals surface area contributed by atoms with Crippen LogP contribution >= 0.6 is 0 Å². The van der Waals surface area contributed by atoms with Gasteiger partial charge in [-0.25, -0.2) is 4.79 Å². The van der Waals surface area contributed by atoms with E-state index in [1.54, 1.807) is 0 Å². The number of likely N-dealkylation sites (tertiary alicyclic amines) is 1. The molecule has 0 saturated carbocycles. The summed E-state index contributed by atoms with van der Waals surface area (Å²) >= 11 is 0. The molecule has 2 heterocycles. The Morgan fingerprint density at radius 1 is 1.43 bits per heavy atom. The topological polar surface area (TPSA) is 58.4 Å². The molecule has 3 rings (SSSR count). The molecular formula is C16H19N3O2. The smallest absolute Gasteiger partial charge is 0.322 e. The minimum Gasteiger partial charge on any atom is -0.359 e. The molecule has 0 unspecified atom stereocenters. The molecule has 1 aliphatic heterocycles. The largest absolute Gasteiger partial charge is 0.359 e. The van der Waals surface area contributed by atoms with Gasteiger partial charge in [0.05, 0.1) is 11.7 Å². The number of nitrogens with zero attached hydrogens (tertiary/aromatic N) is 2. The van der Waals surface area contributed by atoms with Crippen molar-refractivity contribution in [2.75, 3.05) is 11.9 Å². The number of benzene rings is 1. The van der Waals surface area contributed by atoms with Gasteiger partial charge in [0.15, 0.2) is 5.76 Å². The standard InChI is InChI=1S/C16H19N3O2/c1-2-12-11-15(21-18-12)14-9-6-10-19(14)16(20)17-13-7-4-3-5-8-13/h3-5,7-8,11,14H,2,6,9-10H2,1H3,(H,17,20)/t14-/m1/s1. The maximum absolute atomic E-state index is 12.4. The second-order valence-electron chi connectivity index (χ2n) is 5.22. The molecule has 110 valence electrons. The molecule has 0 bridgehead atoms. The number of carbonyl (C=O) groups is 1. The summed E-state index contributed by atoms with van der Waals surface area (Å²) in [5, 5.41) is 6.95. The summed E-state index contributed by atoms with van der Waals surface area (Å²) in [6, 6.07) is 11.4. The fraction of sp³-hybridized carbons (Fsp3) is 0.375. The molecule has 0 aliphatic carbocycles. The molecule has 2 aromatic rings. The van der Waals surface area contributed by atoms with Crippen LogP contribution in [0.25, 0.3) is 0 Å². The van der Waals surface area contributed by atoms with Gasteiger partial charge in [0.1, 0.15) is 0 Å². The number of aryl methyl sites for hydroxylation is 1. The Morgan fingerprint density at radius 2 is 2.24 bits per heavy atom. The summed E-state index contributed by atoms with van der Waals surface area (Å²) in [4.78, 5) is 14.3. The van der Waals surface area contributed by atoms with Crippen molar-refractivity contribution in [2.24, 2.45) is 0 Å². The predicted octanol–water partition coefficient (Wildman–Crippen LogP) is 3.61. The maximum Gasteiger partial charge on any atom is 0.322 e. The monoisotopic (exact) mass is 285 g/mol. The average molecular weight is 285 g/mol. The Bertz CT molecular complexity index is 609. The number of nitrogens with one attached hydrogen (secondary N) is 1. The second kappa shape index (κ2) is 5.99. The van der Waals surface area contributed by atoms with Crippen LogP contribution in [-0.2, 0) is 6.42 Å². The Hall–Kier alpha value is -2.30. The van der Waals surface area contributed by atoms with Crippen LogP contribution in [0.2, 0.25) is 0 Å². The number of urea groups is 1. The molecule has 5 nitrogen and oxygen atoms in total. The van der Waals surface area contributed by atoms with Gasteiger partial charge in [0, 0.05) is 18.3 Å². The van der Waals surface area contributed by atoms with Crippen LogP contribution in [0, 0.1) is 0 Å². The highest BCUT2D eigenvalue weighted by atomic mass is 16.5. The van der Waals surface area contributed by atoms with Crippen molar-refractivity contribution in [3.05, 3.63) is 47.9 Å². The van der Waals surface area contributed by atoms with Crippen molar-refractivity contribution in [3.8, 4) is 0 Å². The summed E-state index contributed by atoms with van der Waals surface area (Å²) in [6.07, 6.45) is 2.74. The zero-order valence-corrected chi connectivity index (χ0v) is 12.1. The summed E-state index contributed by atoms with van der Waals surface area (Å²) < 4.78 is 5.40. The number of aromatic nitrogens is 1. The number of hydrogen-bond acceptors (Lipinski definition) is 3. The van der Waals surface area contributed by atoms with Crippen LogP contribution in [0.5, 0.6) is 0 Å². The lowest BCUT2D eigenvalue weighted by Gasteiger charge is -2.23. The van der Waals surface area contributed by atoms with Gasteiger partial charge >= 0.3 is 6.03 Å². The van der Waals surface area contributed by atoms with E-state index in [9.17, 15) is 4.79 Å². The van der Waals surface area contributed by atoms with Crippen molar-refractivity contribution in [1.29, 1.82) is 0 Å². The lowest BCUT2D eigenvalue weighted by Crippen LogP contribution is -2.34. The molecule has 1 atom stereocenters. The third-order valence-electron chi connectivity index (χ3n) is 3.81. The van der Waals surface area contributed by atoms with Crippen LogP contribution < -0.4 is 5.32 Å². The van der Waals surface area contributed by atoms with Gasteiger partial charge in [0.2, 0.25) is 0 Å². The third-order valence-corrected chi connectivity index (χ3v) is 3.81. The van der Waals surface area contributed by atoms with Crippen molar-refractivity contribution >= 4 is 11.7 Å². The maximum atomic E-state index is 12.4. The number of carbonyl (C=O) groups excluding carboxylic acids is 1. The van der Waals surface area contributed by atoms with Crippen LogP contribution in [0.1, 0.15) is 37.3 Å². The Morgan fingerprint density at radius 3 is 2.95 bits per heavy atom. The van der Waals surface area contributed by atoms with E-state index < -0.39 is 0 Å². The van der Waals surface area contributed by atoms with Crippen LogP contribution in [0.15, 0.2) is 40.9 Å². The molecule has 1 aromatic heterocycles. The second-order valence-corrected chi connectivity index (χ2v) is 5.22. The highest BCUT2D eigenvalue weighted by Crippen LogP contribution is 2.32. The van der Waals surface area contributed by atoms with Gasteiger partial charge in [-0.1, -0.05) is 30.3 Å². The minimum atomic E-state index is -0.0850. The summed E-state index contributed by atoms with van der Waals surface area (Å²) in [5.41, 5.74) is 1.74. The van der Waals surface area contributed by atoms with Crippen LogP contribution in [0.4, 0.5) is 10.5 Å². The van der Waals surface area contributed by atoms with Crippen molar-refractivity contribution < 1.29 is 9.32 Å². The van der Waals surface area contributed by atoms with E-state index in [4.69, 9.17) is 4.52 Å². The Kier molecular flexibility index (Phi) is 3.90. The molecule has 1 saturated heterocycles. The van der Waals surface area contributed by atoms with Gasteiger partial charge < -0.3 is 14.7 Å². The van der Waals surface area contributed by atoms with E-state index in [0.29, 0.717) is 0 Å². The Balaban J connectivity index is 1.73. The first kappa shape index (κ1) is 13.7. The van der Waals surface area contributed by atoms with Gasteiger partial charge in [-0.15, -0.1) is 0 Å². The summed E-state index contributed by atoms with van der Waals surface area (Å²) in [7, 11) is 0. The average Bonchev–Trinajstić information content (AvgIpc) is 3.16. The Labute approximate surface area is 123 Å². The minimum absolute atomic E-state index is 0.0125. The zero-order valence-electron chi connectivity index (χ0n) is 12.1. The van der Waals surface area contributed by atoms with Gasteiger partial charge in [-0.3, -0.25) is 0 Å². The van der Waals surface area contributed by atoms with Gasteiger partial charge in [0.25, 0.3) is 0 Å². The molecule has 2 amide bonds. The first-order valence-corrected chi connectivity index (χ1v) is 7.36. The third kappa shape index (κ3) is 2.91. The van der Waals surface area contributed by atoms with Crippen molar-refractivity contribution in [3.63, 3.8) is 0 Å². The van der Waals surface area contributed by atoms with Crippen LogP contribution in [-0.4, -0.2) is 22.6 Å². The van der Waals surface area contributed by atoms with Crippen molar-refractivity contribution in [1.82, 2.24) is 10.1 Å². The number of hydrogen-bond donors (Lipinski definition) is 1. The predicted molar refractivity (Wildman–Crippen MR) is 80.0 cm³/mol. The molecule has 1 aliphatic rings. The molecular weight excluding hydrogens is 266 g/mol. The molecule has 1 N–H and O–H groups in total. The van der Waals surface area contributed by atoms with Gasteiger partial charge in [-0.05, 0) is 31.4 Å². The highest BCUT2D eigenvalue weighted by molar-refractivity contribution is 5.89. The molecule has 1 fully saturated rings. The first-order valence-electron chi connectivity index (χ1n) is 7.36. The molecule has 5 heteroatoms. The van der Waals surface area contributed by atoms with E-state index in [-0.39, 0.29) is 12.1 Å². The lowest BCUT2D eigenvalue weighted by atomic mass is 10.1. The first-order chi connectivity index (χ1) is 10.3. The molecule has 0 radical (unpaired) electrons. The number of anilines is 1. The van der Waals surface area contributed by atoms with E-state index >= 15 is 0 Å². The summed E-state index contributed by atoms with van der Waals surface area (Å²) in [6.45, 7) is 2.78. The highest BCUT2D eigenvalue weighted by Gasteiger charge is 2.32. The number of para-hydroxylation sites is 1. The van der Waals surface area contributed by atoms with E-state index in [1.165, 1.54) is 0 Å². The zero-order chi connectivity index (χ0) is 14.7. The number of rotatable bonds is 3. The SMILES string of the molecule is CCc1cc([C@H]2CCCN2C(=O)Nc2ccccc2)on1. The summed E-state index contributed by atoms with van der Waals surface area (Å²) in [5.74, 6) is 0.785. The van der Waals surface area contributed by atoms with E-state index in [2.05, 4.69) is 10.5 Å². The lowest BCUT2D eigenvalue weighted by molar-refractivity contribution is 0.195. The fourth-order valence-corrected chi connectivity index (χ4v) is 2.67. The molecule has 21 heavy (non-hydrogen) atoms. The molecule has 1 aromatic carbocycles. The van der Waals surface area contributed by atoms with Crippen LogP contribution in [0.3, 0.4) is 0 Å². The van der Waals surface area contributed by atoms with Crippen molar-refractivity contribution in [2.45, 2.75) is 32.2 Å². The van der Waals surface area contributed by atoms with E-state index in [0.717, 1.165) is 42.9 Å². The number of amides is 2. The van der Waals surface area contributed by atoms with E-state index in [1.807, 2.05) is 48.2 Å². The molecule has 0 spiro atoms. The fourth-order valence-electron chi connectivity index (χ4n) is 2.67. The van der Waals surface area contributed by atoms with Gasteiger partial charge in [-0.2, -0.15) is 0 Å². The normalized spacial score (nSPS) is 18.0. The quantitative estimate of drug-likeness (QED) is 0.937.